The topological polar surface area (TPSA) is 56.8 Å². The van der Waals surface area contributed by atoms with Gasteiger partial charge in [0.1, 0.15) is 6.61 Å². The minimum Gasteiger partial charge on any atom is -0.377 e. The molecule has 0 radical (unpaired) electrons. The lowest BCUT2D eigenvalue weighted by atomic mass is 10.1. The predicted molar refractivity (Wildman–Crippen MR) is 92.2 cm³/mol. The van der Waals surface area contributed by atoms with Crippen LogP contribution in [0.5, 0.6) is 0 Å². The average molecular weight is 327 g/mol. The van der Waals surface area contributed by atoms with Crippen molar-refractivity contribution < 1.29 is 19.0 Å². The highest BCUT2D eigenvalue weighted by molar-refractivity contribution is 5.76. The predicted octanol–water partition coefficient (Wildman–Crippen LogP) is 2.25. The molecule has 1 amide bonds. The van der Waals surface area contributed by atoms with Crippen molar-refractivity contribution in [3.8, 4) is 11.8 Å². The Hall–Kier alpha value is -1.09. The van der Waals surface area contributed by atoms with E-state index in [1.54, 1.807) is 0 Å². The second-order valence-electron chi connectivity index (χ2n) is 5.82. The Bertz CT molecular complexity index is 347. The van der Waals surface area contributed by atoms with Gasteiger partial charge in [0.15, 0.2) is 0 Å². The lowest BCUT2D eigenvalue weighted by Crippen LogP contribution is -2.28. The van der Waals surface area contributed by atoms with E-state index in [1.807, 2.05) is 13.8 Å². The van der Waals surface area contributed by atoms with E-state index in [9.17, 15) is 4.79 Å². The second kappa shape index (κ2) is 15.8. The number of amides is 1. The summed E-state index contributed by atoms with van der Waals surface area (Å²) in [6, 6.07) is 0. The summed E-state index contributed by atoms with van der Waals surface area (Å²) in [4.78, 5) is 11.5. The van der Waals surface area contributed by atoms with E-state index in [4.69, 9.17) is 14.2 Å². The van der Waals surface area contributed by atoms with Crippen LogP contribution in [-0.4, -0.2) is 52.1 Å². The summed E-state index contributed by atoms with van der Waals surface area (Å²) in [5, 5.41) is 2.85. The van der Waals surface area contributed by atoms with Crippen LogP contribution in [0.4, 0.5) is 0 Å². The molecule has 5 heteroatoms. The number of carbonyl (C=O) groups excluding carboxylic acids is 1. The van der Waals surface area contributed by atoms with E-state index in [-0.39, 0.29) is 5.91 Å². The minimum absolute atomic E-state index is 0.0944. The van der Waals surface area contributed by atoms with E-state index >= 15 is 0 Å². The van der Waals surface area contributed by atoms with E-state index in [2.05, 4.69) is 31.0 Å². The maximum atomic E-state index is 11.5. The van der Waals surface area contributed by atoms with Gasteiger partial charge in [-0.1, -0.05) is 46.0 Å². The first kappa shape index (κ1) is 21.9. The Kier molecular flexibility index (Phi) is 15.0. The lowest BCUT2D eigenvalue weighted by Gasteiger charge is -2.09. The molecule has 0 aromatic rings. The summed E-state index contributed by atoms with van der Waals surface area (Å²) in [5.41, 5.74) is 0. The highest BCUT2D eigenvalue weighted by Crippen LogP contribution is 2.05. The molecule has 1 unspecified atom stereocenters. The number of nitrogens with one attached hydrogen (secondary N) is 1. The fraction of sp³-hybridized carbons (Fsp3) is 0.833. The fourth-order valence-corrected chi connectivity index (χ4v) is 1.60. The van der Waals surface area contributed by atoms with Crippen molar-refractivity contribution >= 4 is 5.91 Å². The number of hydrogen-bond acceptors (Lipinski definition) is 4. The van der Waals surface area contributed by atoms with Gasteiger partial charge in [-0.05, 0) is 5.92 Å². The first-order valence-electron chi connectivity index (χ1n) is 8.54. The zero-order valence-electron chi connectivity index (χ0n) is 15.2. The molecule has 5 nitrogen and oxygen atoms in total. The quantitative estimate of drug-likeness (QED) is 0.416. The van der Waals surface area contributed by atoms with Gasteiger partial charge >= 0.3 is 0 Å². The molecule has 1 atom stereocenters. The standard InChI is InChI=1S/C18H33NO4/c1-5-17(4)15-18(20)19-8-10-22-12-14-23-13-11-21-9-6-7-16(2)3/h16-17H,5,8-15H2,1-4H3,(H,19,20). The molecule has 0 saturated carbocycles. The number of hydrogen-bond donors (Lipinski definition) is 1. The third kappa shape index (κ3) is 17.1. The highest BCUT2D eigenvalue weighted by atomic mass is 16.5. The van der Waals surface area contributed by atoms with Gasteiger partial charge in [-0.2, -0.15) is 0 Å². The molecule has 0 aliphatic carbocycles. The Morgan fingerprint density at radius 1 is 1.00 bits per heavy atom. The molecular weight excluding hydrogens is 294 g/mol. The van der Waals surface area contributed by atoms with Gasteiger partial charge in [-0.3, -0.25) is 4.79 Å². The molecule has 0 spiro atoms. The summed E-state index contributed by atoms with van der Waals surface area (Å²) in [6.45, 7) is 11.9. The normalized spacial score (nSPS) is 11.9. The number of carbonyl (C=O) groups is 1. The maximum Gasteiger partial charge on any atom is 0.220 e. The van der Waals surface area contributed by atoms with Crippen molar-refractivity contribution in [3.63, 3.8) is 0 Å². The minimum atomic E-state index is 0.0944. The smallest absolute Gasteiger partial charge is 0.220 e. The summed E-state index contributed by atoms with van der Waals surface area (Å²) in [6.07, 6.45) is 1.61. The molecule has 0 aromatic carbocycles. The monoisotopic (exact) mass is 327 g/mol. The van der Waals surface area contributed by atoms with Crippen molar-refractivity contribution in [1.29, 1.82) is 0 Å². The van der Waals surface area contributed by atoms with Gasteiger partial charge in [0.2, 0.25) is 5.91 Å². The third-order valence-electron chi connectivity index (χ3n) is 3.11. The number of rotatable bonds is 13. The van der Waals surface area contributed by atoms with Crippen LogP contribution in [0.3, 0.4) is 0 Å². The van der Waals surface area contributed by atoms with Gasteiger partial charge in [0.05, 0.1) is 33.0 Å². The summed E-state index contributed by atoms with van der Waals surface area (Å²) >= 11 is 0. The van der Waals surface area contributed by atoms with Crippen LogP contribution < -0.4 is 5.32 Å². The van der Waals surface area contributed by atoms with Crippen LogP contribution in [0.1, 0.15) is 40.5 Å². The van der Waals surface area contributed by atoms with Crippen LogP contribution in [0.25, 0.3) is 0 Å². The molecule has 0 bridgehead atoms. The van der Waals surface area contributed by atoms with Gasteiger partial charge in [0.25, 0.3) is 0 Å². The molecule has 0 fully saturated rings. The Balaban J connectivity index is 3.22. The molecule has 0 rings (SSSR count). The molecule has 134 valence electrons. The van der Waals surface area contributed by atoms with Gasteiger partial charge in [-0.15, -0.1) is 0 Å². The lowest BCUT2D eigenvalue weighted by molar-refractivity contribution is -0.122. The molecular formula is C18H33NO4. The van der Waals surface area contributed by atoms with Gasteiger partial charge in [-0.25, -0.2) is 0 Å². The molecule has 0 saturated heterocycles. The Labute approximate surface area is 141 Å². The average Bonchev–Trinajstić information content (AvgIpc) is 2.51. The molecule has 23 heavy (non-hydrogen) atoms. The van der Waals surface area contributed by atoms with Crippen LogP contribution in [0.2, 0.25) is 0 Å². The summed E-state index contributed by atoms with van der Waals surface area (Å²) in [7, 11) is 0. The second-order valence-corrected chi connectivity index (χ2v) is 5.82. The molecule has 0 heterocycles. The summed E-state index contributed by atoms with van der Waals surface area (Å²) in [5.74, 6) is 6.89. The van der Waals surface area contributed by atoms with E-state index in [0.717, 1.165) is 6.42 Å². The molecule has 0 aliphatic rings. The van der Waals surface area contributed by atoms with E-state index in [0.29, 0.717) is 64.4 Å². The summed E-state index contributed by atoms with van der Waals surface area (Å²) < 4.78 is 16.1. The third-order valence-corrected chi connectivity index (χ3v) is 3.11. The molecule has 0 aromatic heterocycles. The van der Waals surface area contributed by atoms with Crippen molar-refractivity contribution in [1.82, 2.24) is 5.32 Å². The fourth-order valence-electron chi connectivity index (χ4n) is 1.60. The van der Waals surface area contributed by atoms with Crippen molar-refractivity contribution in [2.24, 2.45) is 11.8 Å². The maximum absolute atomic E-state index is 11.5. The molecule has 1 N–H and O–H groups in total. The van der Waals surface area contributed by atoms with Gasteiger partial charge < -0.3 is 19.5 Å². The Morgan fingerprint density at radius 2 is 1.61 bits per heavy atom. The SMILES string of the molecule is CCC(C)CC(=O)NCCOCCOCCOCC#CC(C)C. The first-order chi connectivity index (χ1) is 11.1. The largest absolute Gasteiger partial charge is 0.377 e. The van der Waals surface area contributed by atoms with E-state index in [1.165, 1.54) is 0 Å². The molecule has 0 aliphatic heterocycles. The van der Waals surface area contributed by atoms with Crippen LogP contribution in [0, 0.1) is 23.7 Å². The van der Waals surface area contributed by atoms with Crippen LogP contribution >= 0.6 is 0 Å². The highest BCUT2D eigenvalue weighted by Gasteiger charge is 2.05. The van der Waals surface area contributed by atoms with Crippen molar-refractivity contribution in [3.05, 3.63) is 0 Å². The van der Waals surface area contributed by atoms with Gasteiger partial charge in [0, 0.05) is 18.9 Å². The number of ether oxygens (including phenoxy) is 3. The zero-order chi connectivity index (χ0) is 17.3. The van der Waals surface area contributed by atoms with Crippen molar-refractivity contribution in [2.45, 2.75) is 40.5 Å². The Morgan fingerprint density at radius 3 is 2.22 bits per heavy atom. The van der Waals surface area contributed by atoms with Crippen LogP contribution in [0.15, 0.2) is 0 Å². The first-order valence-corrected chi connectivity index (χ1v) is 8.54. The van der Waals surface area contributed by atoms with E-state index < -0.39 is 0 Å². The van der Waals surface area contributed by atoms with Crippen LogP contribution in [-0.2, 0) is 19.0 Å². The zero-order valence-corrected chi connectivity index (χ0v) is 15.2. The van der Waals surface area contributed by atoms with Crippen molar-refractivity contribution in [2.75, 3.05) is 46.2 Å².